The Kier molecular flexibility index (Phi) is 4.68. The molecule has 0 aromatic heterocycles. The van der Waals surface area contributed by atoms with E-state index in [4.69, 9.17) is 5.11 Å². The van der Waals surface area contributed by atoms with Crippen molar-refractivity contribution in [1.82, 2.24) is 0 Å². The van der Waals surface area contributed by atoms with Gasteiger partial charge in [0.25, 0.3) is 0 Å². The fourth-order valence-electron chi connectivity index (χ4n) is 5.18. The molecule has 1 aliphatic heterocycles. The topological polar surface area (TPSA) is 40.3 Å². The second-order valence-electron chi connectivity index (χ2n) is 9.65. The number of nitrogens with zero attached hydrogens (tertiary/aromatic N) is 1. The molecular weight excluding hydrogens is 358 g/mol. The highest BCUT2D eigenvalue weighted by atomic mass is 16.4. The summed E-state index contributed by atoms with van der Waals surface area (Å²) in [7, 11) is 0. The molecule has 1 N–H and O–H groups in total. The van der Waals surface area contributed by atoms with Crippen molar-refractivity contribution in [3.05, 3.63) is 53.1 Å². The van der Waals surface area contributed by atoms with Gasteiger partial charge in [0.15, 0.2) is 5.71 Å². The van der Waals surface area contributed by atoms with Gasteiger partial charge >= 0.3 is 5.97 Å². The van der Waals surface area contributed by atoms with Crippen LogP contribution < -0.4 is 0 Å². The van der Waals surface area contributed by atoms with Crippen molar-refractivity contribution in [2.45, 2.75) is 71.1 Å². The first kappa shape index (κ1) is 19.9. The van der Waals surface area contributed by atoms with E-state index in [2.05, 4.69) is 75.6 Å². The van der Waals surface area contributed by atoms with Crippen molar-refractivity contribution < 1.29 is 14.5 Å². The van der Waals surface area contributed by atoms with E-state index in [1.54, 1.807) is 0 Å². The number of hydrogen-bond acceptors (Lipinski definition) is 1. The van der Waals surface area contributed by atoms with Gasteiger partial charge in [-0.15, -0.1) is 0 Å². The summed E-state index contributed by atoms with van der Waals surface area (Å²) in [6.07, 6.45) is 2.99. The molecule has 4 rings (SSSR count). The van der Waals surface area contributed by atoms with Crippen LogP contribution >= 0.6 is 0 Å². The Hall–Kier alpha value is -2.42. The van der Waals surface area contributed by atoms with Gasteiger partial charge in [0.1, 0.15) is 6.54 Å². The molecule has 0 spiro atoms. The number of aliphatic carboxylic acids is 1. The molecule has 0 bridgehead atoms. The van der Waals surface area contributed by atoms with E-state index >= 15 is 0 Å². The third-order valence-corrected chi connectivity index (χ3v) is 7.25. The van der Waals surface area contributed by atoms with Gasteiger partial charge in [-0.2, -0.15) is 4.58 Å². The lowest BCUT2D eigenvalue weighted by molar-refractivity contribution is -0.439. The van der Waals surface area contributed by atoms with E-state index < -0.39 is 5.97 Å². The van der Waals surface area contributed by atoms with Gasteiger partial charge < -0.3 is 5.11 Å². The molecule has 0 radical (unpaired) electrons. The van der Waals surface area contributed by atoms with E-state index in [1.165, 1.54) is 39.2 Å². The highest BCUT2D eigenvalue weighted by molar-refractivity contribution is 5.95. The summed E-state index contributed by atoms with van der Waals surface area (Å²) in [5.41, 5.74) is 9.74. The van der Waals surface area contributed by atoms with Crippen LogP contribution in [0.3, 0.4) is 0 Å². The molecule has 0 saturated heterocycles. The average Bonchev–Trinajstić information content (AvgIpc) is 3.01. The number of fused-ring (bicyclic) bond motifs is 4. The average molecular weight is 391 g/mol. The molecule has 1 aliphatic carbocycles. The van der Waals surface area contributed by atoms with Crippen LogP contribution in [0.4, 0.5) is 5.69 Å². The molecule has 2 aromatic rings. The van der Waals surface area contributed by atoms with Gasteiger partial charge in [-0.3, -0.25) is 4.79 Å². The Morgan fingerprint density at radius 3 is 2.34 bits per heavy atom. The SMILES string of the molecule is CC1=[N+](CCCCCC(=O)O)c2cc3c(cc2C1(C)C)-c1ccccc1C3(C)C. The van der Waals surface area contributed by atoms with Gasteiger partial charge in [-0.05, 0) is 55.0 Å². The molecule has 152 valence electrons. The largest absolute Gasteiger partial charge is 0.481 e. The Bertz CT molecular complexity index is 1030. The van der Waals surface area contributed by atoms with Crippen molar-refractivity contribution in [2.75, 3.05) is 6.54 Å². The Morgan fingerprint density at radius 1 is 0.897 bits per heavy atom. The first-order chi connectivity index (χ1) is 13.7. The van der Waals surface area contributed by atoms with Gasteiger partial charge in [0.2, 0.25) is 5.69 Å². The van der Waals surface area contributed by atoms with Crippen LogP contribution in [0.2, 0.25) is 0 Å². The summed E-state index contributed by atoms with van der Waals surface area (Å²) in [5.74, 6) is -0.697. The van der Waals surface area contributed by atoms with Gasteiger partial charge in [0.05, 0.1) is 5.41 Å². The molecule has 3 heteroatoms. The molecule has 0 atom stereocenters. The van der Waals surface area contributed by atoms with E-state index in [0.29, 0.717) is 0 Å². The van der Waals surface area contributed by atoms with E-state index in [1.807, 2.05) is 0 Å². The lowest BCUT2D eigenvalue weighted by Crippen LogP contribution is -2.26. The fourth-order valence-corrected chi connectivity index (χ4v) is 5.18. The van der Waals surface area contributed by atoms with Crippen LogP contribution in [0.5, 0.6) is 0 Å². The predicted octanol–water partition coefficient (Wildman–Crippen LogP) is 6.03. The van der Waals surface area contributed by atoms with Gasteiger partial charge in [-0.25, -0.2) is 0 Å². The Labute approximate surface area is 174 Å². The van der Waals surface area contributed by atoms with Crippen molar-refractivity contribution in [3.63, 3.8) is 0 Å². The quantitative estimate of drug-likeness (QED) is 0.483. The second-order valence-corrected chi connectivity index (χ2v) is 9.65. The number of benzene rings is 2. The number of carbonyl (C=O) groups is 1. The number of carboxylic acids is 1. The maximum absolute atomic E-state index is 10.8. The molecule has 29 heavy (non-hydrogen) atoms. The van der Waals surface area contributed by atoms with E-state index in [9.17, 15) is 4.79 Å². The lowest BCUT2D eigenvalue weighted by atomic mass is 9.78. The highest BCUT2D eigenvalue weighted by Gasteiger charge is 2.46. The zero-order valence-electron chi connectivity index (χ0n) is 18.3. The molecule has 0 saturated carbocycles. The molecular formula is C26H32NO2+. The van der Waals surface area contributed by atoms with Crippen molar-refractivity contribution in [1.29, 1.82) is 0 Å². The second kappa shape index (κ2) is 6.83. The molecule has 2 aliphatic rings. The zero-order chi connectivity index (χ0) is 21.0. The minimum Gasteiger partial charge on any atom is -0.481 e. The number of carboxylic acid groups (broad SMARTS) is 1. The molecule has 2 aromatic carbocycles. The smallest absolute Gasteiger partial charge is 0.303 e. The third-order valence-electron chi connectivity index (χ3n) is 7.25. The molecule has 0 amide bonds. The summed E-state index contributed by atoms with van der Waals surface area (Å²) in [6.45, 7) is 12.5. The van der Waals surface area contributed by atoms with Crippen LogP contribution in [0.1, 0.15) is 77.0 Å². The van der Waals surface area contributed by atoms with Crippen molar-refractivity contribution >= 4 is 17.4 Å². The molecule has 1 heterocycles. The summed E-state index contributed by atoms with van der Waals surface area (Å²) in [6, 6.07) is 13.7. The van der Waals surface area contributed by atoms with Crippen LogP contribution in [-0.2, 0) is 15.6 Å². The lowest BCUT2D eigenvalue weighted by Gasteiger charge is -2.22. The fraction of sp³-hybridized carbons (Fsp3) is 0.462. The Balaban J connectivity index is 1.71. The van der Waals surface area contributed by atoms with Crippen LogP contribution in [-0.4, -0.2) is 27.9 Å². The normalized spacial score (nSPS) is 17.8. The first-order valence-electron chi connectivity index (χ1n) is 10.8. The summed E-state index contributed by atoms with van der Waals surface area (Å²) >= 11 is 0. The number of unbranched alkanes of at least 4 members (excludes halogenated alkanes) is 2. The van der Waals surface area contributed by atoms with Crippen molar-refractivity contribution in [3.8, 4) is 11.1 Å². The number of hydrogen-bond donors (Lipinski definition) is 1. The van der Waals surface area contributed by atoms with Crippen molar-refractivity contribution in [2.24, 2.45) is 0 Å². The summed E-state index contributed by atoms with van der Waals surface area (Å²) in [4.78, 5) is 10.8. The molecule has 0 fully saturated rings. The minimum atomic E-state index is -0.697. The van der Waals surface area contributed by atoms with E-state index in [0.717, 1.165) is 25.8 Å². The number of rotatable bonds is 6. The maximum Gasteiger partial charge on any atom is 0.303 e. The van der Waals surface area contributed by atoms with Crippen LogP contribution in [0.25, 0.3) is 11.1 Å². The van der Waals surface area contributed by atoms with Gasteiger partial charge in [0, 0.05) is 36.8 Å². The third kappa shape index (κ3) is 3.02. The first-order valence-corrected chi connectivity index (χ1v) is 10.8. The van der Waals surface area contributed by atoms with E-state index in [-0.39, 0.29) is 17.3 Å². The Morgan fingerprint density at radius 2 is 1.62 bits per heavy atom. The molecule has 0 unspecified atom stereocenters. The summed E-state index contributed by atoms with van der Waals surface area (Å²) in [5, 5.41) is 8.86. The van der Waals surface area contributed by atoms with Crippen LogP contribution in [0.15, 0.2) is 36.4 Å². The highest BCUT2D eigenvalue weighted by Crippen LogP contribution is 2.53. The van der Waals surface area contributed by atoms with Gasteiger partial charge in [-0.1, -0.05) is 38.1 Å². The zero-order valence-corrected chi connectivity index (χ0v) is 18.3. The minimum absolute atomic E-state index is 0.00705. The molecule has 3 nitrogen and oxygen atoms in total. The van der Waals surface area contributed by atoms with Crippen LogP contribution in [0, 0.1) is 0 Å². The summed E-state index contributed by atoms with van der Waals surface area (Å²) < 4.78 is 2.48. The predicted molar refractivity (Wildman–Crippen MR) is 119 cm³/mol. The standard InChI is InChI=1S/C26H31NO2/c1-17-25(2,3)22-15-19-18-11-8-9-12-20(18)26(4,5)21(19)16-23(22)27(17)14-10-6-7-13-24(28)29/h8-9,11-12,15-16H,6-7,10,13-14H2,1-5H3/p+1. The monoisotopic (exact) mass is 390 g/mol. The maximum atomic E-state index is 10.8.